The topological polar surface area (TPSA) is 61.7 Å². The fourth-order valence-electron chi connectivity index (χ4n) is 8.65. The first-order chi connectivity index (χ1) is 28.3. The van der Waals surface area contributed by atoms with Crippen LogP contribution in [-0.4, -0.2) is 24.1 Å². The van der Waals surface area contributed by atoms with Gasteiger partial charge in [-0.2, -0.15) is 9.97 Å². The number of furan rings is 1. The van der Waals surface area contributed by atoms with Crippen LogP contribution in [0.2, 0.25) is 0 Å². The maximum absolute atomic E-state index is 6.78. The lowest BCUT2D eigenvalue weighted by molar-refractivity contribution is 0.673. The Morgan fingerprint density at radius 2 is 0.895 bits per heavy atom. The van der Waals surface area contributed by atoms with Gasteiger partial charge in [0.25, 0.3) is 0 Å². The first kappa shape index (κ1) is 31.5. The quantitative estimate of drug-likeness (QED) is 0.177. The van der Waals surface area contributed by atoms with Crippen molar-refractivity contribution in [3.63, 3.8) is 0 Å². The van der Waals surface area contributed by atoms with E-state index in [-0.39, 0.29) is 0 Å². The summed E-state index contributed by atoms with van der Waals surface area (Å²) in [6, 6.07) is 65.5. The van der Waals surface area contributed by atoms with E-state index in [4.69, 9.17) is 19.4 Å². The molecule has 4 heterocycles. The van der Waals surface area contributed by atoms with Crippen LogP contribution in [0, 0.1) is 0 Å². The van der Waals surface area contributed by atoms with Gasteiger partial charge in [-0.1, -0.05) is 146 Å². The van der Waals surface area contributed by atoms with Crippen molar-refractivity contribution in [3.8, 4) is 45.5 Å². The van der Waals surface area contributed by atoms with Crippen molar-refractivity contribution in [1.82, 2.24) is 24.1 Å². The third kappa shape index (κ3) is 4.81. The maximum Gasteiger partial charge on any atom is 0.238 e. The Bertz CT molecular complexity index is 3400. The lowest BCUT2D eigenvalue weighted by Crippen LogP contribution is -2.07. The lowest BCUT2D eigenvalue weighted by atomic mass is 9.98. The molecule has 0 saturated heterocycles. The number of rotatable bonds is 5. The van der Waals surface area contributed by atoms with Gasteiger partial charge in [0.2, 0.25) is 5.95 Å². The highest BCUT2D eigenvalue weighted by molar-refractivity contribution is 6.27. The highest BCUT2D eigenvalue weighted by atomic mass is 16.3. The fraction of sp³-hybridized carbons (Fsp3) is 0. The molecule has 0 N–H and O–H groups in total. The molecule has 6 heteroatoms. The van der Waals surface area contributed by atoms with Crippen LogP contribution in [0.3, 0.4) is 0 Å². The molecule has 0 aliphatic carbocycles. The normalized spacial score (nSPS) is 11.9. The van der Waals surface area contributed by atoms with E-state index < -0.39 is 0 Å². The van der Waals surface area contributed by atoms with E-state index in [0.29, 0.717) is 17.6 Å². The Balaban J connectivity index is 1.17. The summed E-state index contributed by atoms with van der Waals surface area (Å²) >= 11 is 0. The molecule has 8 aromatic carbocycles. The van der Waals surface area contributed by atoms with Gasteiger partial charge in [0.1, 0.15) is 11.2 Å². The van der Waals surface area contributed by atoms with Crippen molar-refractivity contribution in [2.45, 2.75) is 0 Å². The SMILES string of the molecule is c1ccc(-c2nc(-c3ccccc3)nc(-n3c4ccccc4c4c5oc6ccccc6c5cc(-c5ccc(-n6c7ccccc7c7ccccc76)cc5)c43)n2)cc1. The summed E-state index contributed by atoms with van der Waals surface area (Å²) in [6.45, 7) is 0. The molecule has 0 radical (unpaired) electrons. The number of benzene rings is 8. The van der Waals surface area contributed by atoms with Crippen LogP contribution in [-0.2, 0) is 0 Å². The average molecular weight is 730 g/mol. The second-order valence-electron chi connectivity index (χ2n) is 14.4. The Labute approximate surface area is 326 Å². The molecule has 6 nitrogen and oxygen atoms in total. The van der Waals surface area contributed by atoms with E-state index in [9.17, 15) is 0 Å². The number of hydrogen-bond donors (Lipinski definition) is 0. The summed E-state index contributed by atoms with van der Waals surface area (Å²) in [5.41, 5.74) is 11.1. The van der Waals surface area contributed by atoms with Crippen LogP contribution in [0.1, 0.15) is 0 Å². The predicted octanol–water partition coefficient (Wildman–Crippen LogP) is 13.0. The van der Waals surface area contributed by atoms with Crippen LogP contribution >= 0.6 is 0 Å². The summed E-state index contributed by atoms with van der Waals surface area (Å²) in [7, 11) is 0. The first-order valence-electron chi connectivity index (χ1n) is 19.1. The molecule has 4 aromatic heterocycles. The van der Waals surface area contributed by atoms with Crippen LogP contribution in [0.5, 0.6) is 0 Å². The van der Waals surface area contributed by atoms with Crippen molar-refractivity contribution in [2.75, 3.05) is 0 Å². The summed E-state index contributed by atoms with van der Waals surface area (Å²) in [5, 5.41) is 6.69. The molecule has 0 fully saturated rings. The molecule has 0 amide bonds. The van der Waals surface area contributed by atoms with Gasteiger partial charge >= 0.3 is 0 Å². The van der Waals surface area contributed by atoms with E-state index >= 15 is 0 Å². The number of aromatic nitrogens is 5. The zero-order valence-corrected chi connectivity index (χ0v) is 30.5. The standard InChI is InChI=1S/C51H31N5O/c1-3-15-33(16-4-1)49-52-50(34-17-5-2-6-18-34)54-51(53-49)56-44-25-13-9-22-39(44)46-47(56)40(31-41-38-21-10-14-26-45(38)57-48(41)46)32-27-29-35(30-28-32)55-42-23-11-7-19-36(42)37-20-8-12-24-43(37)55/h1-31H. The number of para-hydroxylation sites is 4. The molecular formula is C51H31N5O. The van der Waals surface area contributed by atoms with Gasteiger partial charge in [0.05, 0.1) is 27.5 Å². The van der Waals surface area contributed by atoms with Gasteiger partial charge in [0, 0.05) is 49.3 Å². The molecule has 12 rings (SSSR count). The zero-order valence-electron chi connectivity index (χ0n) is 30.5. The molecule has 0 unspecified atom stereocenters. The number of hydrogen-bond acceptors (Lipinski definition) is 4. The molecule has 266 valence electrons. The van der Waals surface area contributed by atoms with Gasteiger partial charge in [-0.25, -0.2) is 4.98 Å². The largest absolute Gasteiger partial charge is 0.455 e. The van der Waals surface area contributed by atoms with Crippen molar-refractivity contribution in [2.24, 2.45) is 0 Å². The number of fused-ring (bicyclic) bond motifs is 10. The molecule has 0 aliphatic heterocycles. The highest BCUT2D eigenvalue weighted by Gasteiger charge is 2.25. The van der Waals surface area contributed by atoms with E-state index in [1.54, 1.807) is 0 Å². The van der Waals surface area contributed by atoms with E-state index in [2.05, 4.69) is 124 Å². The summed E-state index contributed by atoms with van der Waals surface area (Å²) in [5.74, 6) is 1.74. The van der Waals surface area contributed by atoms with Crippen molar-refractivity contribution in [1.29, 1.82) is 0 Å². The van der Waals surface area contributed by atoms with Gasteiger partial charge in [0.15, 0.2) is 11.6 Å². The molecule has 57 heavy (non-hydrogen) atoms. The minimum Gasteiger partial charge on any atom is -0.455 e. The summed E-state index contributed by atoms with van der Waals surface area (Å²) in [4.78, 5) is 15.5. The predicted molar refractivity (Wildman–Crippen MR) is 232 cm³/mol. The molecule has 0 spiro atoms. The average Bonchev–Trinajstić information content (AvgIpc) is 3.95. The third-order valence-electron chi connectivity index (χ3n) is 11.2. The Hall–Kier alpha value is -7.83. The second-order valence-corrected chi connectivity index (χ2v) is 14.4. The van der Waals surface area contributed by atoms with Gasteiger partial charge in [-0.3, -0.25) is 4.57 Å². The third-order valence-corrected chi connectivity index (χ3v) is 11.2. The van der Waals surface area contributed by atoms with Crippen LogP contribution in [0.15, 0.2) is 192 Å². The summed E-state index contributed by atoms with van der Waals surface area (Å²) < 4.78 is 11.3. The Morgan fingerprint density at radius 3 is 1.51 bits per heavy atom. The van der Waals surface area contributed by atoms with Gasteiger partial charge in [-0.15, -0.1) is 0 Å². The molecule has 0 bridgehead atoms. The van der Waals surface area contributed by atoms with E-state index in [0.717, 1.165) is 71.7 Å². The van der Waals surface area contributed by atoms with Gasteiger partial charge in [-0.05, 0) is 48.0 Å². The van der Waals surface area contributed by atoms with Crippen molar-refractivity contribution < 1.29 is 4.42 Å². The van der Waals surface area contributed by atoms with E-state index in [1.807, 2.05) is 72.8 Å². The molecule has 0 saturated carbocycles. The monoisotopic (exact) mass is 729 g/mol. The lowest BCUT2D eigenvalue weighted by Gasteiger charge is -2.14. The highest BCUT2D eigenvalue weighted by Crippen LogP contribution is 2.45. The van der Waals surface area contributed by atoms with Crippen LogP contribution in [0.25, 0.3) is 111 Å². The molecule has 0 aliphatic rings. The molecule has 12 aromatic rings. The smallest absolute Gasteiger partial charge is 0.238 e. The van der Waals surface area contributed by atoms with E-state index in [1.165, 1.54) is 21.8 Å². The first-order valence-corrected chi connectivity index (χ1v) is 19.1. The molecule has 0 atom stereocenters. The van der Waals surface area contributed by atoms with Crippen LogP contribution in [0.4, 0.5) is 0 Å². The van der Waals surface area contributed by atoms with Gasteiger partial charge < -0.3 is 8.98 Å². The maximum atomic E-state index is 6.78. The Kier molecular flexibility index (Phi) is 6.83. The fourth-order valence-corrected chi connectivity index (χ4v) is 8.65. The minimum absolute atomic E-state index is 0.535. The van der Waals surface area contributed by atoms with Crippen LogP contribution < -0.4 is 0 Å². The van der Waals surface area contributed by atoms with Crippen molar-refractivity contribution in [3.05, 3.63) is 188 Å². The molecular weight excluding hydrogens is 699 g/mol. The Morgan fingerprint density at radius 1 is 0.386 bits per heavy atom. The minimum atomic E-state index is 0.535. The number of nitrogens with zero attached hydrogens (tertiary/aromatic N) is 5. The second kappa shape index (κ2) is 12.3. The summed E-state index contributed by atoms with van der Waals surface area (Å²) in [6.07, 6.45) is 0. The van der Waals surface area contributed by atoms with Crippen molar-refractivity contribution >= 4 is 65.6 Å². The zero-order chi connectivity index (χ0) is 37.5.